The van der Waals surface area contributed by atoms with Crippen LogP contribution in [0.15, 0.2) is 18.2 Å². The lowest BCUT2D eigenvalue weighted by atomic mass is 10.0. The molecule has 1 aliphatic rings. The molecule has 0 atom stereocenters. The van der Waals surface area contributed by atoms with Gasteiger partial charge >= 0.3 is 0 Å². The average Bonchev–Trinajstić information content (AvgIpc) is 3.02. The maximum absolute atomic E-state index is 8.83. The molecule has 0 aliphatic heterocycles. The molecule has 2 heteroatoms. The van der Waals surface area contributed by atoms with Crippen molar-refractivity contribution in [2.45, 2.75) is 25.2 Å². The molecular formula is C12H16O2. The van der Waals surface area contributed by atoms with Crippen LogP contribution in [-0.2, 0) is 6.42 Å². The van der Waals surface area contributed by atoms with Crippen molar-refractivity contribution >= 4 is 0 Å². The molecule has 1 aliphatic carbocycles. The van der Waals surface area contributed by atoms with Gasteiger partial charge < -0.3 is 9.84 Å². The minimum absolute atomic E-state index is 0.200. The highest BCUT2D eigenvalue weighted by molar-refractivity contribution is 5.41. The van der Waals surface area contributed by atoms with Crippen LogP contribution in [0.1, 0.15) is 29.9 Å². The SMILES string of the molecule is COc1cc(CCO)ccc1C1CC1. The Bertz CT molecular complexity index is 316. The van der Waals surface area contributed by atoms with Gasteiger partial charge in [-0.05, 0) is 42.4 Å². The molecule has 0 amide bonds. The van der Waals surface area contributed by atoms with E-state index in [4.69, 9.17) is 9.84 Å². The van der Waals surface area contributed by atoms with Crippen LogP contribution in [0.2, 0.25) is 0 Å². The number of hydrogen-bond donors (Lipinski definition) is 1. The van der Waals surface area contributed by atoms with Crippen molar-refractivity contribution in [1.82, 2.24) is 0 Å². The highest BCUT2D eigenvalue weighted by Gasteiger charge is 2.26. The van der Waals surface area contributed by atoms with Gasteiger partial charge in [0.2, 0.25) is 0 Å². The van der Waals surface area contributed by atoms with Crippen LogP contribution in [0.5, 0.6) is 5.75 Å². The zero-order valence-electron chi connectivity index (χ0n) is 8.49. The molecule has 1 N–H and O–H groups in total. The van der Waals surface area contributed by atoms with Gasteiger partial charge in [0.05, 0.1) is 7.11 Å². The number of methoxy groups -OCH3 is 1. The van der Waals surface area contributed by atoms with E-state index in [0.29, 0.717) is 12.3 Å². The van der Waals surface area contributed by atoms with E-state index in [2.05, 4.69) is 12.1 Å². The molecule has 0 bridgehead atoms. The number of aliphatic hydroxyl groups excluding tert-OH is 1. The van der Waals surface area contributed by atoms with E-state index in [0.717, 1.165) is 11.3 Å². The summed E-state index contributed by atoms with van der Waals surface area (Å²) >= 11 is 0. The first-order valence-electron chi connectivity index (χ1n) is 5.13. The van der Waals surface area contributed by atoms with Crippen LogP contribution in [0.4, 0.5) is 0 Å². The van der Waals surface area contributed by atoms with E-state index >= 15 is 0 Å². The second kappa shape index (κ2) is 4.01. The number of hydrogen-bond acceptors (Lipinski definition) is 2. The summed E-state index contributed by atoms with van der Waals surface area (Å²) < 4.78 is 5.35. The van der Waals surface area contributed by atoms with Gasteiger partial charge in [-0.15, -0.1) is 0 Å². The van der Waals surface area contributed by atoms with Crippen molar-refractivity contribution in [3.63, 3.8) is 0 Å². The molecule has 2 nitrogen and oxygen atoms in total. The zero-order chi connectivity index (χ0) is 9.97. The number of ether oxygens (including phenoxy) is 1. The maximum Gasteiger partial charge on any atom is 0.122 e. The molecule has 14 heavy (non-hydrogen) atoms. The minimum Gasteiger partial charge on any atom is -0.496 e. The first kappa shape index (κ1) is 9.53. The Morgan fingerprint density at radius 3 is 2.79 bits per heavy atom. The Morgan fingerprint density at radius 2 is 2.21 bits per heavy atom. The molecule has 0 heterocycles. The largest absolute Gasteiger partial charge is 0.496 e. The summed E-state index contributed by atoms with van der Waals surface area (Å²) in [7, 11) is 1.71. The van der Waals surface area contributed by atoms with Crippen LogP contribution in [-0.4, -0.2) is 18.8 Å². The Labute approximate surface area is 84.5 Å². The number of rotatable bonds is 4. The smallest absolute Gasteiger partial charge is 0.122 e. The third-order valence-electron chi connectivity index (χ3n) is 2.72. The maximum atomic E-state index is 8.83. The van der Waals surface area contributed by atoms with Crippen molar-refractivity contribution < 1.29 is 9.84 Å². The van der Waals surface area contributed by atoms with Gasteiger partial charge in [0.1, 0.15) is 5.75 Å². The lowest BCUT2D eigenvalue weighted by molar-refractivity contribution is 0.299. The summed E-state index contributed by atoms with van der Waals surface area (Å²) in [6.07, 6.45) is 3.28. The van der Waals surface area contributed by atoms with Gasteiger partial charge in [0, 0.05) is 6.61 Å². The van der Waals surface area contributed by atoms with E-state index in [1.807, 2.05) is 6.07 Å². The number of aliphatic hydroxyl groups is 1. The molecule has 0 unspecified atom stereocenters. The molecule has 2 rings (SSSR count). The van der Waals surface area contributed by atoms with E-state index in [1.54, 1.807) is 7.11 Å². The fourth-order valence-electron chi connectivity index (χ4n) is 1.77. The Balaban J connectivity index is 2.24. The molecule has 0 spiro atoms. The zero-order valence-corrected chi connectivity index (χ0v) is 8.49. The van der Waals surface area contributed by atoms with E-state index in [1.165, 1.54) is 18.4 Å². The van der Waals surface area contributed by atoms with Crippen molar-refractivity contribution in [3.8, 4) is 5.75 Å². The molecule has 0 radical (unpaired) electrons. The summed E-state index contributed by atoms with van der Waals surface area (Å²) in [6.45, 7) is 0.200. The molecule has 1 fully saturated rings. The molecule has 0 aromatic heterocycles. The summed E-state index contributed by atoms with van der Waals surface area (Å²) in [5.41, 5.74) is 2.47. The third kappa shape index (κ3) is 1.90. The second-order valence-corrected chi connectivity index (χ2v) is 3.82. The van der Waals surface area contributed by atoms with Gasteiger partial charge in [-0.1, -0.05) is 12.1 Å². The van der Waals surface area contributed by atoms with Crippen molar-refractivity contribution in [3.05, 3.63) is 29.3 Å². The van der Waals surface area contributed by atoms with Gasteiger partial charge in [0.15, 0.2) is 0 Å². The van der Waals surface area contributed by atoms with Crippen LogP contribution in [0.3, 0.4) is 0 Å². The Morgan fingerprint density at radius 1 is 1.43 bits per heavy atom. The Hall–Kier alpha value is -1.02. The van der Waals surface area contributed by atoms with Gasteiger partial charge in [0.25, 0.3) is 0 Å². The summed E-state index contributed by atoms with van der Waals surface area (Å²) in [5.74, 6) is 1.70. The lowest BCUT2D eigenvalue weighted by Crippen LogP contribution is -1.95. The first-order valence-corrected chi connectivity index (χ1v) is 5.13. The molecule has 1 aromatic carbocycles. The molecule has 1 aromatic rings. The minimum atomic E-state index is 0.200. The highest BCUT2D eigenvalue weighted by Crippen LogP contribution is 2.44. The van der Waals surface area contributed by atoms with Gasteiger partial charge in [-0.3, -0.25) is 0 Å². The van der Waals surface area contributed by atoms with Crippen LogP contribution >= 0.6 is 0 Å². The van der Waals surface area contributed by atoms with Gasteiger partial charge in [-0.2, -0.15) is 0 Å². The fourth-order valence-corrected chi connectivity index (χ4v) is 1.77. The van der Waals surface area contributed by atoms with Crippen LogP contribution in [0, 0.1) is 0 Å². The average molecular weight is 192 g/mol. The fraction of sp³-hybridized carbons (Fsp3) is 0.500. The van der Waals surface area contributed by atoms with Crippen molar-refractivity contribution in [2.75, 3.05) is 13.7 Å². The topological polar surface area (TPSA) is 29.5 Å². The standard InChI is InChI=1S/C12H16O2/c1-14-12-8-9(6-7-13)2-5-11(12)10-3-4-10/h2,5,8,10,13H,3-4,6-7H2,1H3. The monoisotopic (exact) mass is 192 g/mol. The molecule has 76 valence electrons. The second-order valence-electron chi connectivity index (χ2n) is 3.82. The lowest BCUT2D eigenvalue weighted by Gasteiger charge is -2.09. The first-order chi connectivity index (χ1) is 6.85. The summed E-state index contributed by atoms with van der Waals surface area (Å²) in [4.78, 5) is 0. The normalized spacial score (nSPS) is 15.6. The number of benzene rings is 1. The van der Waals surface area contributed by atoms with E-state index < -0.39 is 0 Å². The molecule has 1 saturated carbocycles. The van der Waals surface area contributed by atoms with Crippen molar-refractivity contribution in [1.29, 1.82) is 0 Å². The third-order valence-corrected chi connectivity index (χ3v) is 2.72. The Kier molecular flexibility index (Phi) is 2.73. The summed E-state index contributed by atoms with van der Waals surface area (Å²) in [6, 6.07) is 6.28. The predicted molar refractivity (Wildman–Crippen MR) is 55.8 cm³/mol. The van der Waals surface area contributed by atoms with Crippen LogP contribution in [0.25, 0.3) is 0 Å². The highest BCUT2D eigenvalue weighted by atomic mass is 16.5. The molecule has 0 saturated heterocycles. The van der Waals surface area contributed by atoms with Crippen LogP contribution < -0.4 is 4.74 Å². The van der Waals surface area contributed by atoms with E-state index in [9.17, 15) is 0 Å². The van der Waals surface area contributed by atoms with Crippen molar-refractivity contribution in [2.24, 2.45) is 0 Å². The summed E-state index contributed by atoms with van der Waals surface area (Å²) in [5, 5.41) is 8.83. The van der Waals surface area contributed by atoms with Gasteiger partial charge in [-0.25, -0.2) is 0 Å². The predicted octanol–water partition coefficient (Wildman–Crippen LogP) is 2.11. The quantitative estimate of drug-likeness (QED) is 0.791. The molecular weight excluding hydrogens is 176 g/mol. The van der Waals surface area contributed by atoms with E-state index in [-0.39, 0.29) is 6.61 Å².